The van der Waals surface area contributed by atoms with Crippen LogP contribution in [0.4, 0.5) is 5.13 Å². The maximum atomic E-state index is 15.4. The predicted octanol–water partition coefficient (Wildman–Crippen LogP) is 12.7. The summed E-state index contributed by atoms with van der Waals surface area (Å²) in [5.74, 6) is -6.28. The largest absolute Gasteiger partial charge is 0.448 e. The number of aryl methyl sites for hydroxylation is 1. The molecule has 2 aliphatic rings. The summed E-state index contributed by atoms with van der Waals surface area (Å²) in [6.45, 7) is 4.68. The molecule has 25 heteroatoms. The van der Waals surface area contributed by atoms with E-state index >= 15 is 14.4 Å². The molecule has 0 spiro atoms. The second-order valence-corrected chi connectivity index (χ2v) is 26.6. The van der Waals surface area contributed by atoms with Crippen LogP contribution >= 0.6 is 34.9 Å². The molecular weight excluding hydrogens is 1370 g/mol. The molecule has 0 unspecified atom stereocenters. The van der Waals surface area contributed by atoms with Crippen molar-refractivity contribution in [1.29, 1.82) is 0 Å². The van der Waals surface area contributed by atoms with Crippen LogP contribution in [0.25, 0.3) is 5.78 Å². The average Bonchev–Trinajstić information content (AvgIpc) is 1.10. The number of carbonyl (C=O) groups is 7. The lowest BCUT2D eigenvalue weighted by Gasteiger charge is -2.49. The van der Waals surface area contributed by atoms with Gasteiger partial charge in [-0.3, -0.25) is 28.9 Å². The summed E-state index contributed by atoms with van der Waals surface area (Å²) < 4.78 is 30.3. The van der Waals surface area contributed by atoms with Gasteiger partial charge in [-0.25, -0.2) is 19.6 Å². The van der Waals surface area contributed by atoms with Gasteiger partial charge in [0.15, 0.2) is 34.6 Å². The van der Waals surface area contributed by atoms with Gasteiger partial charge in [0.2, 0.25) is 5.75 Å². The number of thioether (sulfide) groups is 2. The van der Waals surface area contributed by atoms with E-state index in [1.807, 2.05) is 212 Å². The third-order valence-corrected chi connectivity index (χ3v) is 19.6. The van der Waals surface area contributed by atoms with Crippen molar-refractivity contribution in [2.24, 2.45) is 5.16 Å². The Kier molecular flexibility index (Phi) is 21.0. The van der Waals surface area contributed by atoms with Crippen LogP contribution in [0, 0.1) is 6.92 Å². The van der Waals surface area contributed by atoms with Gasteiger partial charge < -0.3 is 39.2 Å². The van der Waals surface area contributed by atoms with Gasteiger partial charge in [0.05, 0.1) is 0 Å². The van der Waals surface area contributed by atoms with Crippen LogP contribution in [0.1, 0.15) is 99.5 Å². The summed E-state index contributed by atoms with van der Waals surface area (Å²) in [6.07, 6.45) is -1.69. The van der Waals surface area contributed by atoms with Crippen LogP contribution in [0.3, 0.4) is 0 Å². The zero-order valence-corrected chi connectivity index (χ0v) is 58.1. The van der Waals surface area contributed by atoms with Crippen molar-refractivity contribution in [1.82, 2.24) is 34.8 Å². The van der Waals surface area contributed by atoms with E-state index in [0.717, 1.165) is 48.6 Å². The number of esters is 5. The van der Waals surface area contributed by atoms with Crippen molar-refractivity contribution in [2.75, 3.05) is 16.8 Å². The van der Waals surface area contributed by atoms with E-state index in [2.05, 4.69) is 30.9 Å². The van der Waals surface area contributed by atoms with E-state index in [1.54, 1.807) is 18.4 Å². The average molecular weight is 1430 g/mol. The standard InChI is InChI=1S/C78H63N9O13S3/c1-47-40-63(87-76(79-47)82-70(84-87)75(94)100-68(54-30-16-7-17-31-54)55-32-18-8-19-33-55)101-44-56-45-102-73-65(72(92)86(73)66(56)74(93)99-67(52-26-12-5-13-27-52)53-28-14-6-15-29-53)81-71(91)64(85-95-43-51-41-61(96-48(2)88)69(98-50(4)90)62(42-51)97-49(3)89)60-46-103-77(80-60)83-78(57-34-20-9-21-35-57,58-36-22-10-23-37-58)59-38-24-11-25-39-59/h5-42,46,65,67-68,73H,43-45H2,1-4H3,(H,80,83)(H,81,91)/b85-64-/t65-,73-/m1/s1. The summed E-state index contributed by atoms with van der Waals surface area (Å²) in [6, 6.07) is 69.7. The zero-order valence-electron chi connectivity index (χ0n) is 55.6. The quantitative estimate of drug-likeness (QED) is 0.00786. The Bertz CT molecular complexity index is 4820. The van der Waals surface area contributed by atoms with Crippen molar-refractivity contribution >= 4 is 93.1 Å². The van der Waals surface area contributed by atoms with E-state index in [4.69, 9.17) is 33.5 Å². The van der Waals surface area contributed by atoms with Gasteiger partial charge in [-0.1, -0.05) is 217 Å². The van der Waals surface area contributed by atoms with E-state index < -0.39 is 77.4 Å². The maximum Gasteiger partial charge on any atom is 0.379 e. The molecule has 0 radical (unpaired) electrons. The highest BCUT2D eigenvalue weighted by atomic mass is 32.2. The Morgan fingerprint density at radius 3 is 1.57 bits per heavy atom. The third-order valence-electron chi connectivity index (χ3n) is 16.5. The van der Waals surface area contributed by atoms with Gasteiger partial charge in [-0.2, -0.15) is 9.50 Å². The third kappa shape index (κ3) is 15.5. The molecule has 1 fully saturated rings. The fraction of sp³-hybridized carbons (Fsp3) is 0.154. The molecule has 13 rings (SSSR count). The van der Waals surface area contributed by atoms with Gasteiger partial charge >= 0.3 is 29.8 Å². The topological polar surface area (TPSA) is 270 Å². The molecule has 0 saturated carbocycles. The molecule has 22 nitrogen and oxygen atoms in total. The van der Waals surface area contributed by atoms with Crippen LogP contribution in [0.2, 0.25) is 0 Å². The van der Waals surface area contributed by atoms with Crippen molar-refractivity contribution < 1.29 is 62.1 Å². The number of nitrogens with one attached hydrogen (secondary N) is 2. The van der Waals surface area contributed by atoms with Crippen molar-refractivity contribution in [3.8, 4) is 17.2 Å². The Hall–Kier alpha value is -12.1. The lowest BCUT2D eigenvalue weighted by atomic mass is 9.77. The maximum absolute atomic E-state index is 15.4. The normalized spacial score (nSPS) is 14.3. The summed E-state index contributed by atoms with van der Waals surface area (Å²) in [7, 11) is 0. The number of anilines is 1. The summed E-state index contributed by atoms with van der Waals surface area (Å²) in [5.41, 5.74) is 5.26. The molecule has 11 aromatic rings. The fourth-order valence-corrected chi connectivity index (χ4v) is 15.3. The number of fused-ring (bicyclic) bond motifs is 2. The monoisotopic (exact) mass is 1430 g/mol. The Morgan fingerprint density at radius 1 is 0.612 bits per heavy atom. The SMILES string of the molecule is CC(=O)Oc1cc(CO/N=C(\C(=O)N[C@@H]2C(=O)N3C(C(=O)OC(c4ccccc4)c4ccccc4)=C(CSc4cc(C)nc5nc(C(=O)OC(c6ccccc6)c6ccccc6)nn45)CS[C@H]23)c2csc(NC(c3ccccc3)(c3ccccc3)c3ccccc3)n2)cc(OC(C)=O)c1OC(C)=O. The zero-order chi connectivity index (χ0) is 71.6. The number of ether oxygens (including phenoxy) is 5. The summed E-state index contributed by atoms with van der Waals surface area (Å²) in [4.78, 5) is 119. The van der Waals surface area contributed by atoms with Crippen LogP contribution in [-0.2, 0) is 55.2 Å². The first kappa shape index (κ1) is 69.4. The molecule has 1 saturated heterocycles. The first-order valence-corrected chi connectivity index (χ1v) is 35.3. The number of nitrogens with zero attached hydrogens (tertiary/aromatic N) is 7. The molecular formula is C78H63N9O13S3. The highest BCUT2D eigenvalue weighted by molar-refractivity contribution is 8.01. The van der Waals surface area contributed by atoms with Gasteiger partial charge in [0.1, 0.15) is 40.0 Å². The fourth-order valence-electron chi connectivity index (χ4n) is 12.0. The van der Waals surface area contributed by atoms with Gasteiger partial charge in [-0.15, -0.1) is 40.0 Å². The molecule has 2 atom stereocenters. The second-order valence-electron chi connectivity index (χ2n) is 23.6. The van der Waals surface area contributed by atoms with E-state index in [-0.39, 0.29) is 63.0 Å². The molecule has 5 heterocycles. The molecule has 516 valence electrons. The molecule has 8 aromatic carbocycles. The molecule has 3 aromatic heterocycles. The van der Waals surface area contributed by atoms with E-state index in [1.165, 1.54) is 56.4 Å². The molecule has 2 aliphatic heterocycles. The highest BCUT2D eigenvalue weighted by Crippen LogP contribution is 2.45. The van der Waals surface area contributed by atoms with Crippen LogP contribution in [-0.4, -0.2) is 99.8 Å². The van der Waals surface area contributed by atoms with Crippen LogP contribution in [0.15, 0.2) is 257 Å². The summed E-state index contributed by atoms with van der Waals surface area (Å²) >= 11 is 3.76. The number of carbonyl (C=O) groups excluding carboxylic acids is 7. The van der Waals surface area contributed by atoms with Gasteiger partial charge in [-0.05, 0) is 75.2 Å². The summed E-state index contributed by atoms with van der Waals surface area (Å²) in [5, 5.41) is 17.3. The van der Waals surface area contributed by atoms with Gasteiger partial charge in [0, 0.05) is 43.4 Å². The Balaban J connectivity index is 0.837. The molecule has 0 aliphatic carbocycles. The number of hydrogen-bond acceptors (Lipinski definition) is 22. The predicted molar refractivity (Wildman–Crippen MR) is 386 cm³/mol. The number of rotatable bonds is 25. The van der Waals surface area contributed by atoms with Crippen molar-refractivity contribution in [3.05, 3.63) is 309 Å². The highest BCUT2D eigenvalue weighted by Gasteiger charge is 2.55. The van der Waals surface area contributed by atoms with Crippen LogP contribution < -0.4 is 24.8 Å². The van der Waals surface area contributed by atoms with Crippen molar-refractivity contribution in [2.45, 2.75) is 68.5 Å². The minimum Gasteiger partial charge on any atom is -0.448 e. The number of aromatic nitrogens is 5. The van der Waals surface area contributed by atoms with Gasteiger partial charge in [0.25, 0.3) is 23.4 Å². The van der Waals surface area contributed by atoms with E-state index in [0.29, 0.717) is 32.6 Å². The number of thiazole rings is 1. The van der Waals surface area contributed by atoms with E-state index in [9.17, 15) is 19.2 Å². The molecule has 2 amide bonds. The number of benzene rings is 8. The Morgan fingerprint density at radius 2 is 1.09 bits per heavy atom. The molecule has 2 N–H and O–H groups in total. The first-order valence-electron chi connectivity index (χ1n) is 32.4. The minimum atomic E-state index is -1.26. The Labute approximate surface area is 603 Å². The first-order chi connectivity index (χ1) is 50.1. The van der Waals surface area contributed by atoms with Crippen molar-refractivity contribution in [3.63, 3.8) is 0 Å². The number of β-lactam (4-membered cyclic amide) rings is 1. The molecule has 103 heavy (non-hydrogen) atoms. The molecule has 0 bridgehead atoms. The van der Waals surface area contributed by atoms with Crippen LogP contribution in [0.5, 0.6) is 17.2 Å². The second kappa shape index (κ2) is 31.2. The number of hydrogen-bond donors (Lipinski definition) is 2. The lowest BCUT2D eigenvalue weighted by molar-refractivity contribution is -0.154. The number of amides is 2. The smallest absolute Gasteiger partial charge is 0.379 e. The number of oxime groups is 1. The lowest BCUT2D eigenvalue weighted by Crippen LogP contribution is -2.71. The minimum absolute atomic E-state index is 0.0242.